The number of benzene rings is 1. The number of anilines is 1. The highest BCUT2D eigenvalue weighted by atomic mass is 19.1. The van der Waals surface area contributed by atoms with Crippen molar-refractivity contribution < 1.29 is 9.18 Å². The molecule has 0 radical (unpaired) electrons. The summed E-state index contributed by atoms with van der Waals surface area (Å²) in [7, 11) is 0. The van der Waals surface area contributed by atoms with Crippen LogP contribution in [0.15, 0.2) is 67.3 Å². The molecule has 1 aromatic carbocycles. The molecule has 0 unspecified atom stereocenters. The first-order chi connectivity index (χ1) is 18.1. The lowest BCUT2D eigenvalue weighted by Crippen LogP contribution is -2.13. The molecule has 5 heterocycles. The third kappa shape index (κ3) is 3.88. The molecule has 9 nitrogen and oxygen atoms in total. The van der Waals surface area contributed by atoms with Crippen LogP contribution in [-0.2, 0) is 4.79 Å². The van der Waals surface area contributed by atoms with Crippen molar-refractivity contribution in [2.24, 2.45) is 5.92 Å². The topological polar surface area (TPSA) is 125 Å². The highest BCUT2D eigenvalue weighted by molar-refractivity contribution is 5.97. The van der Waals surface area contributed by atoms with E-state index >= 15 is 0 Å². The quantitative estimate of drug-likeness (QED) is 0.308. The molecule has 1 fully saturated rings. The van der Waals surface area contributed by atoms with Crippen molar-refractivity contribution in [3.05, 3.63) is 73.1 Å². The third-order valence-corrected chi connectivity index (χ3v) is 6.47. The van der Waals surface area contributed by atoms with Gasteiger partial charge in [0.15, 0.2) is 17.1 Å². The fraction of sp³-hybridized carbons (Fsp3) is 0.111. The maximum atomic E-state index is 13.4. The van der Waals surface area contributed by atoms with Crippen LogP contribution in [0.25, 0.3) is 56.0 Å². The number of hydrogen-bond acceptors (Lipinski definition) is 6. The number of nitrogens with one attached hydrogen (secondary N) is 3. The molecule has 0 atom stereocenters. The summed E-state index contributed by atoms with van der Waals surface area (Å²) in [4.78, 5) is 33.5. The smallest absolute Gasteiger partial charge is 0.227 e. The standard InChI is InChI=1S/C27H19FN8O/c28-18-5-3-14(4-6-18)20-7-8-30-25-22(20)33-26(34-25)23-21-10-17(12-31-24(21)36-35-23)16-9-19(13-29-11-16)32-27(37)15-1-2-15/h3-13,15H,1-2H2,(H,32,37)(H,30,33,34)(H,31,35,36). The van der Waals surface area contributed by atoms with Crippen LogP contribution in [0.3, 0.4) is 0 Å². The lowest BCUT2D eigenvalue weighted by atomic mass is 10.1. The van der Waals surface area contributed by atoms with Gasteiger partial charge in [-0.25, -0.2) is 19.3 Å². The number of H-pyrrole nitrogens is 2. The van der Waals surface area contributed by atoms with Crippen molar-refractivity contribution in [3.63, 3.8) is 0 Å². The summed E-state index contributed by atoms with van der Waals surface area (Å²) in [6.07, 6.45) is 8.67. The molecule has 7 rings (SSSR count). The number of amides is 1. The van der Waals surface area contributed by atoms with Crippen molar-refractivity contribution in [2.75, 3.05) is 5.32 Å². The molecule has 1 aliphatic rings. The summed E-state index contributed by atoms with van der Waals surface area (Å²) in [6, 6.07) is 12.0. The molecule has 180 valence electrons. The maximum absolute atomic E-state index is 13.4. The number of fused-ring (bicyclic) bond motifs is 2. The first kappa shape index (κ1) is 21.3. The second kappa shape index (κ2) is 8.30. The highest BCUT2D eigenvalue weighted by Gasteiger charge is 2.29. The van der Waals surface area contributed by atoms with Crippen LogP contribution in [0.5, 0.6) is 0 Å². The molecule has 1 aliphatic carbocycles. The Morgan fingerprint density at radius 1 is 0.946 bits per heavy atom. The second-order valence-electron chi connectivity index (χ2n) is 9.07. The zero-order valence-corrected chi connectivity index (χ0v) is 19.4. The van der Waals surface area contributed by atoms with Crippen LogP contribution in [0, 0.1) is 11.7 Å². The fourth-order valence-corrected chi connectivity index (χ4v) is 4.38. The van der Waals surface area contributed by atoms with Crippen LogP contribution in [-0.4, -0.2) is 41.0 Å². The van der Waals surface area contributed by atoms with E-state index in [1.807, 2.05) is 18.2 Å². The van der Waals surface area contributed by atoms with Gasteiger partial charge in [0.05, 0.1) is 17.3 Å². The van der Waals surface area contributed by atoms with Crippen LogP contribution in [0.4, 0.5) is 10.1 Å². The van der Waals surface area contributed by atoms with Gasteiger partial charge >= 0.3 is 0 Å². The minimum Gasteiger partial charge on any atom is -0.324 e. The number of imidazole rings is 1. The van der Waals surface area contributed by atoms with Gasteiger partial charge in [0, 0.05) is 41.2 Å². The number of nitrogens with zero attached hydrogens (tertiary/aromatic N) is 5. The number of pyridine rings is 3. The van der Waals surface area contributed by atoms with Gasteiger partial charge in [0.1, 0.15) is 17.0 Å². The normalized spacial score (nSPS) is 13.3. The number of carbonyl (C=O) groups is 1. The zero-order chi connectivity index (χ0) is 24.9. The van der Waals surface area contributed by atoms with Gasteiger partial charge in [0.25, 0.3) is 0 Å². The van der Waals surface area contributed by atoms with Crippen molar-refractivity contribution in [3.8, 4) is 33.8 Å². The van der Waals surface area contributed by atoms with E-state index in [1.165, 1.54) is 12.1 Å². The Labute approximate surface area is 209 Å². The van der Waals surface area contributed by atoms with Gasteiger partial charge < -0.3 is 10.3 Å². The van der Waals surface area contributed by atoms with E-state index < -0.39 is 0 Å². The lowest BCUT2D eigenvalue weighted by Gasteiger charge is -2.06. The molecule has 5 aromatic heterocycles. The van der Waals surface area contributed by atoms with Gasteiger partial charge in [-0.2, -0.15) is 5.10 Å². The van der Waals surface area contributed by atoms with Crippen molar-refractivity contribution in [1.82, 2.24) is 35.1 Å². The number of hydrogen-bond donors (Lipinski definition) is 3. The average molecular weight is 491 g/mol. The van der Waals surface area contributed by atoms with Crippen molar-refractivity contribution in [2.45, 2.75) is 12.8 Å². The number of aromatic amines is 2. The van der Waals surface area contributed by atoms with Crippen molar-refractivity contribution in [1.29, 1.82) is 0 Å². The van der Waals surface area contributed by atoms with Gasteiger partial charge in [-0.3, -0.25) is 14.9 Å². The first-order valence-corrected chi connectivity index (χ1v) is 11.8. The van der Waals surface area contributed by atoms with Crippen LogP contribution in [0.2, 0.25) is 0 Å². The Morgan fingerprint density at radius 2 is 1.78 bits per heavy atom. The average Bonchev–Trinajstić information content (AvgIpc) is 3.55. The summed E-state index contributed by atoms with van der Waals surface area (Å²) in [5.74, 6) is 0.375. The molecule has 3 N–H and O–H groups in total. The van der Waals surface area contributed by atoms with E-state index in [9.17, 15) is 9.18 Å². The largest absolute Gasteiger partial charge is 0.324 e. The van der Waals surface area contributed by atoms with Gasteiger partial charge in [-0.05, 0) is 48.7 Å². The minimum absolute atomic E-state index is 0.0307. The molecular formula is C27H19FN8O. The number of aromatic nitrogens is 7. The molecule has 0 aliphatic heterocycles. The molecular weight excluding hydrogens is 471 g/mol. The Morgan fingerprint density at radius 3 is 2.62 bits per heavy atom. The van der Waals surface area contributed by atoms with Crippen LogP contribution < -0.4 is 5.32 Å². The Bertz CT molecular complexity index is 1800. The molecule has 0 spiro atoms. The highest BCUT2D eigenvalue weighted by Crippen LogP contribution is 2.33. The molecule has 37 heavy (non-hydrogen) atoms. The van der Waals surface area contributed by atoms with Crippen molar-refractivity contribution >= 4 is 33.8 Å². The lowest BCUT2D eigenvalue weighted by molar-refractivity contribution is -0.117. The van der Waals surface area contributed by atoms with E-state index in [1.54, 1.807) is 36.9 Å². The molecule has 1 amide bonds. The van der Waals surface area contributed by atoms with E-state index in [0.29, 0.717) is 34.0 Å². The molecule has 10 heteroatoms. The zero-order valence-electron chi connectivity index (χ0n) is 19.4. The summed E-state index contributed by atoms with van der Waals surface area (Å²) in [5.41, 5.74) is 6.43. The SMILES string of the molecule is O=C(Nc1cncc(-c2cnc3[nH]nc(-c4nc5c(-c6ccc(F)cc6)ccnc5[nH]4)c3c2)c1)C1CC1. The van der Waals surface area contributed by atoms with Gasteiger partial charge in [0.2, 0.25) is 5.91 Å². The fourth-order valence-electron chi connectivity index (χ4n) is 4.38. The van der Waals surface area contributed by atoms with E-state index in [0.717, 1.165) is 40.5 Å². The van der Waals surface area contributed by atoms with Crippen LogP contribution >= 0.6 is 0 Å². The predicted molar refractivity (Wildman–Crippen MR) is 137 cm³/mol. The van der Waals surface area contributed by atoms with Gasteiger partial charge in [-0.1, -0.05) is 12.1 Å². The summed E-state index contributed by atoms with van der Waals surface area (Å²) < 4.78 is 13.4. The summed E-state index contributed by atoms with van der Waals surface area (Å²) in [5, 5.41) is 11.1. The van der Waals surface area contributed by atoms with Crippen LogP contribution in [0.1, 0.15) is 12.8 Å². The molecule has 0 bridgehead atoms. The Kier molecular flexibility index (Phi) is 4.78. The minimum atomic E-state index is -0.297. The second-order valence-corrected chi connectivity index (χ2v) is 9.07. The maximum Gasteiger partial charge on any atom is 0.227 e. The van der Waals surface area contributed by atoms with E-state index in [4.69, 9.17) is 4.98 Å². The Balaban J connectivity index is 1.28. The summed E-state index contributed by atoms with van der Waals surface area (Å²) >= 11 is 0. The van der Waals surface area contributed by atoms with E-state index in [2.05, 4.69) is 35.5 Å². The summed E-state index contributed by atoms with van der Waals surface area (Å²) in [6.45, 7) is 0. The number of rotatable bonds is 5. The number of halogens is 1. The van der Waals surface area contributed by atoms with E-state index in [-0.39, 0.29) is 17.6 Å². The third-order valence-electron chi connectivity index (χ3n) is 6.47. The molecule has 6 aromatic rings. The van der Waals surface area contributed by atoms with Gasteiger partial charge in [-0.15, -0.1) is 0 Å². The first-order valence-electron chi connectivity index (χ1n) is 11.8. The molecule has 0 saturated heterocycles. The molecule has 1 saturated carbocycles. The Hall–Kier alpha value is -4.99. The predicted octanol–water partition coefficient (Wildman–Crippen LogP) is 5.11. The monoisotopic (exact) mass is 490 g/mol. The number of carbonyl (C=O) groups excluding carboxylic acids is 1.